The SMILES string of the molecule is CCC[CH2][Sn]([CH2]CCC)([CH2]CCC)[O][Sn]([CH2]CCC)([CH2]CCC)[CH2]CCC.[O]=[Cr](=[O])=[O]. The molecule has 0 spiro atoms. The zero-order valence-corrected chi connectivity index (χ0v) is 28.8. The predicted octanol–water partition coefficient (Wildman–Crippen LogP) is 9.34. The first-order chi connectivity index (χ1) is 14.8. The van der Waals surface area contributed by atoms with Gasteiger partial charge in [0.1, 0.15) is 0 Å². The van der Waals surface area contributed by atoms with Crippen molar-refractivity contribution in [3.05, 3.63) is 0 Å². The molecule has 0 atom stereocenters. The number of hydrogen-bond acceptors (Lipinski definition) is 4. The van der Waals surface area contributed by atoms with Gasteiger partial charge in [-0.2, -0.15) is 0 Å². The summed E-state index contributed by atoms with van der Waals surface area (Å²) in [6.07, 6.45) is 16.8. The number of hydrogen-bond donors (Lipinski definition) is 0. The van der Waals surface area contributed by atoms with Gasteiger partial charge < -0.3 is 0 Å². The van der Waals surface area contributed by atoms with Crippen molar-refractivity contribution in [2.45, 2.75) is 145 Å². The van der Waals surface area contributed by atoms with E-state index in [2.05, 4.69) is 41.5 Å². The van der Waals surface area contributed by atoms with Gasteiger partial charge in [0.2, 0.25) is 0 Å². The standard InChI is InChI=1S/6C4H9.Cr.4O.2Sn/c6*1-3-4-2;;;;;;;/h6*1,3-4H2,2H3;;;;;;;. The Morgan fingerprint density at radius 1 is 0.452 bits per heavy atom. The van der Waals surface area contributed by atoms with Crippen molar-refractivity contribution in [1.29, 1.82) is 0 Å². The maximum absolute atomic E-state index is 8.54. The third-order valence-corrected chi connectivity index (χ3v) is 47.1. The van der Waals surface area contributed by atoms with Crippen molar-refractivity contribution in [1.82, 2.24) is 0 Å². The molecule has 0 bridgehead atoms. The topological polar surface area (TPSA) is 60.4 Å². The van der Waals surface area contributed by atoms with Gasteiger partial charge in [0, 0.05) is 0 Å². The van der Waals surface area contributed by atoms with Crippen LogP contribution in [0.5, 0.6) is 0 Å². The number of rotatable bonds is 20. The third-order valence-electron chi connectivity index (χ3n) is 6.35. The molecule has 0 radical (unpaired) electrons. The predicted molar refractivity (Wildman–Crippen MR) is 133 cm³/mol. The van der Waals surface area contributed by atoms with Crippen molar-refractivity contribution < 1.29 is 26.8 Å². The fourth-order valence-electron chi connectivity index (χ4n) is 4.51. The van der Waals surface area contributed by atoms with Crippen molar-refractivity contribution >= 4 is 37.6 Å². The summed E-state index contributed by atoms with van der Waals surface area (Å²) >= 11 is -8.72. The fourth-order valence-corrected chi connectivity index (χ4v) is 59.6. The molecule has 0 aliphatic carbocycles. The van der Waals surface area contributed by atoms with E-state index in [9.17, 15) is 0 Å². The van der Waals surface area contributed by atoms with E-state index in [1.54, 1.807) is 0 Å². The summed E-state index contributed by atoms with van der Waals surface area (Å²) in [5, 5.41) is 0. The van der Waals surface area contributed by atoms with Crippen molar-refractivity contribution in [3.8, 4) is 0 Å². The van der Waals surface area contributed by atoms with Crippen LogP contribution in [0.1, 0.15) is 119 Å². The van der Waals surface area contributed by atoms with Crippen LogP contribution in [0, 0.1) is 0 Å². The van der Waals surface area contributed by atoms with Gasteiger partial charge in [-0.1, -0.05) is 0 Å². The summed E-state index contributed by atoms with van der Waals surface area (Å²) in [5.74, 6) is 0. The summed E-state index contributed by atoms with van der Waals surface area (Å²) in [5.41, 5.74) is 0. The van der Waals surface area contributed by atoms with Gasteiger partial charge in [-0.25, -0.2) is 0 Å². The molecule has 0 N–H and O–H groups in total. The molecule has 4 nitrogen and oxygen atoms in total. The molecule has 0 aromatic heterocycles. The van der Waals surface area contributed by atoms with Crippen LogP contribution in [0.4, 0.5) is 0 Å². The minimum absolute atomic E-state index is 1.36. The molecule has 0 unspecified atom stereocenters. The summed E-state index contributed by atoms with van der Waals surface area (Å²) < 4.78 is 42.7. The first-order valence-electron chi connectivity index (χ1n) is 13.3. The van der Waals surface area contributed by atoms with Gasteiger partial charge in [-0.15, -0.1) is 0 Å². The molecule has 0 heterocycles. The van der Waals surface area contributed by atoms with Crippen molar-refractivity contribution in [2.75, 3.05) is 0 Å². The summed E-state index contributed by atoms with van der Waals surface area (Å²) in [6, 6.07) is 0. The Kier molecular flexibility index (Phi) is 26.0. The second-order valence-corrected chi connectivity index (χ2v) is 36.5. The van der Waals surface area contributed by atoms with Crippen LogP contribution in [-0.2, 0) is 26.8 Å². The van der Waals surface area contributed by atoms with E-state index in [1.165, 1.54) is 104 Å². The van der Waals surface area contributed by atoms with Crippen LogP contribution >= 0.6 is 0 Å². The van der Waals surface area contributed by atoms with E-state index < -0.39 is 51.5 Å². The Labute approximate surface area is 207 Å². The van der Waals surface area contributed by atoms with Crippen LogP contribution in [0.25, 0.3) is 0 Å². The van der Waals surface area contributed by atoms with Gasteiger partial charge in [-0.05, 0) is 0 Å². The van der Waals surface area contributed by atoms with E-state index >= 15 is 0 Å². The van der Waals surface area contributed by atoms with Crippen LogP contribution in [0.3, 0.4) is 0 Å². The average Bonchev–Trinajstić information content (AvgIpc) is 2.75. The molecule has 0 aliphatic heterocycles. The first-order valence-corrected chi connectivity index (χ1v) is 29.3. The molecule has 0 saturated carbocycles. The zero-order valence-electron chi connectivity index (χ0n) is 21.8. The molecule has 0 aromatic carbocycles. The average molecular weight is 696 g/mol. The van der Waals surface area contributed by atoms with Crippen molar-refractivity contribution in [3.63, 3.8) is 0 Å². The Morgan fingerprint density at radius 3 is 0.742 bits per heavy atom. The van der Waals surface area contributed by atoms with Crippen LogP contribution in [0.2, 0.25) is 26.6 Å². The molecule has 7 heteroatoms. The Morgan fingerprint density at radius 2 is 0.613 bits per heavy atom. The third kappa shape index (κ3) is 19.5. The molecular formula is C24H54CrO4Sn2. The molecular weight excluding hydrogens is 642 g/mol. The Balaban J connectivity index is 0. The first kappa shape index (κ1) is 34.7. The molecule has 31 heavy (non-hydrogen) atoms. The maximum atomic E-state index is 8.54. The quantitative estimate of drug-likeness (QED) is 0.119. The molecule has 0 amide bonds. The van der Waals surface area contributed by atoms with Crippen molar-refractivity contribution in [2.24, 2.45) is 0 Å². The zero-order chi connectivity index (χ0) is 24.0. The normalized spacial score (nSPS) is 11.8. The van der Waals surface area contributed by atoms with E-state index in [0.717, 1.165) is 0 Å². The molecule has 0 rings (SSSR count). The molecule has 0 fully saturated rings. The second-order valence-electron chi connectivity index (χ2n) is 9.29. The van der Waals surface area contributed by atoms with E-state index in [4.69, 9.17) is 12.8 Å². The monoisotopic (exact) mass is 698 g/mol. The Hall–Kier alpha value is 1.49. The van der Waals surface area contributed by atoms with Gasteiger partial charge >= 0.3 is 210 Å². The fraction of sp³-hybridized carbons (Fsp3) is 1.00. The van der Waals surface area contributed by atoms with E-state index in [0.29, 0.717) is 0 Å². The number of unbranched alkanes of at least 4 members (excludes halogenated alkanes) is 6. The molecule has 0 aliphatic rings. The van der Waals surface area contributed by atoms with Gasteiger partial charge in [-0.3, -0.25) is 0 Å². The molecule has 0 saturated heterocycles. The molecule has 188 valence electrons. The van der Waals surface area contributed by atoms with Gasteiger partial charge in [0.05, 0.1) is 0 Å². The van der Waals surface area contributed by atoms with E-state index in [-0.39, 0.29) is 0 Å². The van der Waals surface area contributed by atoms with Crippen LogP contribution in [0.15, 0.2) is 0 Å². The van der Waals surface area contributed by atoms with E-state index in [1.807, 2.05) is 0 Å². The van der Waals surface area contributed by atoms with Crippen LogP contribution < -0.4 is 0 Å². The van der Waals surface area contributed by atoms with Crippen LogP contribution in [-0.4, -0.2) is 37.6 Å². The summed E-state index contributed by atoms with van der Waals surface area (Å²) in [6.45, 7) is 14.3. The Bertz CT molecular complexity index is 416. The van der Waals surface area contributed by atoms with Gasteiger partial charge in [0.15, 0.2) is 0 Å². The minimum atomic E-state index is -3.79. The summed E-state index contributed by atoms with van der Waals surface area (Å²) in [7, 11) is 0. The van der Waals surface area contributed by atoms with Gasteiger partial charge in [0.25, 0.3) is 0 Å². The molecule has 0 aromatic rings. The second kappa shape index (κ2) is 23.2. The summed E-state index contributed by atoms with van der Waals surface area (Å²) in [4.78, 5) is 0.